The van der Waals surface area contributed by atoms with E-state index in [1.807, 2.05) is 35.4 Å². The Morgan fingerprint density at radius 2 is 1.72 bits per heavy atom. The van der Waals surface area contributed by atoms with Crippen LogP contribution in [0.15, 0.2) is 42.7 Å². The summed E-state index contributed by atoms with van der Waals surface area (Å²) >= 11 is 0. The molecular weight excluding hydrogens is 362 g/mol. The van der Waals surface area contributed by atoms with Gasteiger partial charge in [-0.3, -0.25) is 14.8 Å². The quantitative estimate of drug-likeness (QED) is 0.675. The van der Waals surface area contributed by atoms with E-state index in [0.29, 0.717) is 6.54 Å². The number of para-hydroxylation sites is 2. The van der Waals surface area contributed by atoms with Crippen LogP contribution in [0.25, 0.3) is 11.0 Å². The molecule has 6 heteroatoms. The highest BCUT2D eigenvalue weighted by molar-refractivity contribution is 5.94. The first-order chi connectivity index (χ1) is 14.3. The zero-order valence-corrected chi connectivity index (χ0v) is 16.5. The zero-order valence-electron chi connectivity index (χ0n) is 16.5. The van der Waals surface area contributed by atoms with Gasteiger partial charge >= 0.3 is 0 Å². The third-order valence-electron chi connectivity index (χ3n) is 5.96. The number of rotatable bonds is 2. The first kappa shape index (κ1) is 18.0. The molecule has 1 fully saturated rings. The zero-order chi connectivity index (χ0) is 19.6. The van der Waals surface area contributed by atoms with Crippen molar-refractivity contribution in [2.45, 2.75) is 32.1 Å². The van der Waals surface area contributed by atoms with Crippen molar-refractivity contribution in [2.24, 2.45) is 0 Å². The van der Waals surface area contributed by atoms with Crippen molar-refractivity contribution in [1.29, 1.82) is 0 Å². The van der Waals surface area contributed by atoms with E-state index in [0.717, 1.165) is 61.3 Å². The van der Waals surface area contributed by atoms with Crippen LogP contribution in [0.2, 0.25) is 0 Å². The number of amides is 1. The van der Waals surface area contributed by atoms with Crippen LogP contribution in [-0.4, -0.2) is 51.9 Å². The first-order valence-corrected chi connectivity index (χ1v) is 10.5. The summed E-state index contributed by atoms with van der Waals surface area (Å²) < 4.78 is 0. The highest BCUT2D eigenvalue weighted by Gasteiger charge is 2.23. The molecule has 5 rings (SSSR count). The average molecular weight is 387 g/mol. The summed E-state index contributed by atoms with van der Waals surface area (Å²) in [5.74, 6) is 0.978. The summed E-state index contributed by atoms with van der Waals surface area (Å²) in [6.45, 7) is 3.08. The number of aromatic nitrogens is 3. The number of benzene rings is 1. The summed E-state index contributed by atoms with van der Waals surface area (Å²) in [4.78, 5) is 31.2. The van der Waals surface area contributed by atoms with E-state index in [9.17, 15) is 4.79 Å². The number of nitrogens with zero attached hydrogens (tertiary/aromatic N) is 5. The molecule has 1 saturated heterocycles. The monoisotopic (exact) mass is 387 g/mol. The van der Waals surface area contributed by atoms with E-state index in [2.05, 4.69) is 20.9 Å². The predicted molar refractivity (Wildman–Crippen MR) is 113 cm³/mol. The third kappa shape index (κ3) is 3.67. The fraction of sp³-hybridized carbons (Fsp3) is 0.391. The Hall–Kier alpha value is -3.02. The lowest BCUT2D eigenvalue weighted by molar-refractivity contribution is 0.0766. The molecule has 0 atom stereocenters. The predicted octanol–water partition coefficient (Wildman–Crippen LogP) is 3.26. The van der Waals surface area contributed by atoms with Crippen LogP contribution in [-0.2, 0) is 12.8 Å². The number of hydrogen-bond acceptors (Lipinski definition) is 5. The van der Waals surface area contributed by atoms with Gasteiger partial charge in [0.05, 0.1) is 22.8 Å². The smallest absolute Gasteiger partial charge is 0.255 e. The van der Waals surface area contributed by atoms with Crippen molar-refractivity contribution in [3.8, 4) is 0 Å². The van der Waals surface area contributed by atoms with Gasteiger partial charge in [0, 0.05) is 38.1 Å². The normalized spacial score (nSPS) is 17.1. The molecule has 0 unspecified atom stereocenters. The van der Waals surface area contributed by atoms with Crippen molar-refractivity contribution in [2.75, 3.05) is 31.1 Å². The van der Waals surface area contributed by atoms with Gasteiger partial charge in [-0.1, -0.05) is 12.1 Å². The largest absolute Gasteiger partial charge is 0.353 e. The summed E-state index contributed by atoms with van der Waals surface area (Å²) in [5, 5.41) is 0. The maximum Gasteiger partial charge on any atom is 0.255 e. The molecule has 2 aliphatic rings. The molecular formula is C23H25N5O. The molecule has 0 bridgehead atoms. The molecule has 148 valence electrons. The number of anilines is 1. The molecule has 3 aromatic rings. The summed E-state index contributed by atoms with van der Waals surface area (Å²) in [6.07, 6.45) is 8.99. The molecule has 0 spiro atoms. The second-order valence-electron chi connectivity index (χ2n) is 7.89. The van der Waals surface area contributed by atoms with Crippen LogP contribution in [0, 0.1) is 0 Å². The van der Waals surface area contributed by atoms with Gasteiger partial charge in [-0.05, 0) is 55.9 Å². The molecule has 29 heavy (non-hydrogen) atoms. The highest BCUT2D eigenvalue weighted by Crippen LogP contribution is 2.22. The summed E-state index contributed by atoms with van der Waals surface area (Å²) in [6, 6.07) is 9.99. The van der Waals surface area contributed by atoms with E-state index in [1.165, 1.54) is 24.1 Å². The first-order valence-electron chi connectivity index (χ1n) is 10.5. The van der Waals surface area contributed by atoms with Crippen molar-refractivity contribution in [1.82, 2.24) is 19.9 Å². The van der Waals surface area contributed by atoms with Crippen LogP contribution in [0.3, 0.4) is 0 Å². The van der Waals surface area contributed by atoms with Crippen LogP contribution < -0.4 is 4.90 Å². The Morgan fingerprint density at radius 1 is 0.862 bits per heavy atom. The number of carbonyl (C=O) groups is 1. The minimum absolute atomic E-state index is 0.0947. The Kier molecular flexibility index (Phi) is 4.84. The van der Waals surface area contributed by atoms with Crippen molar-refractivity contribution in [3.63, 3.8) is 0 Å². The molecule has 1 aromatic carbocycles. The molecule has 2 aromatic heterocycles. The minimum atomic E-state index is 0.0947. The number of fused-ring (bicyclic) bond motifs is 2. The van der Waals surface area contributed by atoms with Gasteiger partial charge in [0.25, 0.3) is 5.91 Å². The lowest BCUT2D eigenvalue weighted by Crippen LogP contribution is -2.35. The van der Waals surface area contributed by atoms with Gasteiger partial charge in [0.2, 0.25) is 0 Å². The van der Waals surface area contributed by atoms with Crippen LogP contribution in [0.5, 0.6) is 0 Å². The number of hydrogen-bond donors (Lipinski definition) is 0. The van der Waals surface area contributed by atoms with Crippen LogP contribution >= 0.6 is 0 Å². The molecule has 0 saturated carbocycles. The summed E-state index contributed by atoms with van der Waals surface area (Å²) in [5.41, 5.74) is 4.96. The Balaban J connectivity index is 1.30. The molecule has 3 heterocycles. The maximum atomic E-state index is 13.1. The van der Waals surface area contributed by atoms with Crippen LogP contribution in [0.4, 0.5) is 5.82 Å². The average Bonchev–Trinajstić information content (AvgIpc) is 3.04. The van der Waals surface area contributed by atoms with E-state index in [4.69, 9.17) is 4.98 Å². The highest BCUT2D eigenvalue weighted by atomic mass is 16.2. The third-order valence-corrected chi connectivity index (χ3v) is 5.96. The molecule has 1 aliphatic heterocycles. The van der Waals surface area contributed by atoms with E-state index in [-0.39, 0.29) is 5.91 Å². The molecule has 0 radical (unpaired) electrons. The minimum Gasteiger partial charge on any atom is -0.353 e. The van der Waals surface area contributed by atoms with Gasteiger partial charge in [0.15, 0.2) is 0 Å². The van der Waals surface area contributed by atoms with Crippen molar-refractivity contribution >= 4 is 22.8 Å². The SMILES string of the molecule is O=C(c1cnc2c(c1)CCCC2)N1CCCN(c2cnc3ccccc3n2)CC1. The molecule has 1 aliphatic carbocycles. The van der Waals surface area contributed by atoms with Crippen LogP contribution in [0.1, 0.15) is 40.9 Å². The van der Waals surface area contributed by atoms with Gasteiger partial charge < -0.3 is 9.80 Å². The molecule has 1 amide bonds. The van der Waals surface area contributed by atoms with E-state index in [1.54, 1.807) is 6.20 Å². The Bertz CT molecular complexity index is 1050. The van der Waals surface area contributed by atoms with Gasteiger partial charge in [0.1, 0.15) is 5.82 Å². The van der Waals surface area contributed by atoms with Crippen molar-refractivity contribution < 1.29 is 4.79 Å². The van der Waals surface area contributed by atoms with E-state index < -0.39 is 0 Å². The van der Waals surface area contributed by atoms with Crippen molar-refractivity contribution in [3.05, 3.63) is 59.5 Å². The standard InChI is InChI=1S/C23H25N5O/c29-23(18-14-17-6-1-2-7-19(17)24-15-18)28-11-5-10-27(12-13-28)22-16-25-20-8-3-4-9-21(20)26-22/h3-4,8-9,14-16H,1-2,5-7,10-13H2. The molecule has 0 N–H and O–H groups in total. The second-order valence-corrected chi connectivity index (χ2v) is 7.89. The molecule has 6 nitrogen and oxygen atoms in total. The summed E-state index contributed by atoms with van der Waals surface area (Å²) in [7, 11) is 0. The number of pyridine rings is 1. The van der Waals surface area contributed by atoms with E-state index >= 15 is 0 Å². The number of aryl methyl sites for hydroxylation is 2. The van der Waals surface area contributed by atoms with Gasteiger partial charge in [-0.2, -0.15) is 0 Å². The lowest BCUT2D eigenvalue weighted by atomic mass is 9.95. The second kappa shape index (κ2) is 7.78. The van der Waals surface area contributed by atoms with Gasteiger partial charge in [-0.15, -0.1) is 0 Å². The number of carbonyl (C=O) groups excluding carboxylic acids is 1. The van der Waals surface area contributed by atoms with Gasteiger partial charge in [-0.25, -0.2) is 4.98 Å². The maximum absolute atomic E-state index is 13.1. The Labute approximate surface area is 170 Å². The Morgan fingerprint density at radius 3 is 2.66 bits per heavy atom. The fourth-order valence-corrected chi connectivity index (χ4v) is 4.34. The fourth-order valence-electron chi connectivity index (χ4n) is 4.34. The topological polar surface area (TPSA) is 62.2 Å². The lowest BCUT2D eigenvalue weighted by Gasteiger charge is -2.23.